The number of anilines is 2. The fraction of sp³-hybridized carbons (Fsp3) is 0.379. The summed E-state index contributed by atoms with van der Waals surface area (Å²) in [7, 11) is 0. The first-order valence-corrected chi connectivity index (χ1v) is 13.4. The number of benzene rings is 1. The Labute approximate surface area is 226 Å². The third-order valence-electron chi connectivity index (χ3n) is 7.31. The quantitative estimate of drug-likeness (QED) is 0.398. The highest BCUT2D eigenvalue weighted by Crippen LogP contribution is 2.36. The molecule has 0 bridgehead atoms. The Hall–Kier alpha value is -4.02. The highest BCUT2D eigenvalue weighted by atomic mass is 16.5. The fourth-order valence-corrected chi connectivity index (χ4v) is 5.26. The molecule has 0 atom stereocenters. The topological polar surface area (TPSA) is 106 Å². The number of morpholine rings is 2. The molecule has 2 aliphatic heterocycles. The molecule has 0 spiro atoms. The number of carboxylic acid groups (broad SMARTS) is 1. The molecule has 0 radical (unpaired) electrons. The summed E-state index contributed by atoms with van der Waals surface area (Å²) < 4.78 is 12.7. The minimum atomic E-state index is -1.09. The summed E-state index contributed by atoms with van der Waals surface area (Å²) in [6.45, 7) is 10.2. The largest absolute Gasteiger partial charge is 0.477 e. The zero-order valence-electron chi connectivity index (χ0n) is 22.2. The van der Waals surface area contributed by atoms with E-state index in [1.807, 2.05) is 24.3 Å². The Morgan fingerprint density at radius 2 is 1.54 bits per heavy atom. The Kier molecular flexibility index (Phi) is 6.88. The van der Waals surface area contributed by atoms with Gasteiger partial charge in [-0.3, -0.25) is 0 Å². The second kappa shape index (κ2) is 10.6. The smallest absolute Gasteiger partial charge is 0.354 e. The van der Waals surface area contributed by atoms with Crippen molar-refractivity contribution < 1.29 is 19.4 Å². The lowest BCUT2D eigenvalue weighted by Crippen LogP contribution is -2.36. The lowest BCUT2D eigenvalue weighted by molar-refractivity contribution is 0.0691. The second-order valence-corrected chi connectivity index (χ2v) is 10.1. The van der Waals surface area contributed by atoms with Crippen LogP contribution in [0.5, 0.6) is 0 Å². The van der Waals surface area contributed by atoms with E-state index < -0.39 is 5.97 Å². The number of nitrogens with zero attached hydrogens (tertiary/aromatic N) is 6. The highest BCUT2D eigenvalue weighted by molar-refractivity contribution is 6.00. The van der Waals surface area contributed by atoms with Crippen molar-refractivity contribution in [3.05, 3.63) is 60.0 Å². The zero-order valence-corrected chi connectivity index (χ0v) is 22.2. The standard InChI is InChI=1S/C29H32N6O4/c1-19(2)27-26-23(20-3-5-21(6-4-20)33-9-13-38-14-10-33)18-24(29(36)37)31-28(26)35(32-27)25-17-22(7-8-30-25)34-11-15-39-16-12-34/h3-8,17-19H,9-16H2,1-2H3,(H,36,37). The average molecular weight is 529 g/mol. The van der Waals surface area contributed by atoms with E-state index in [4.69, 9.17) is 14.6 Å². The summed E-state index contributed by atoms with van der Waals surface area (Å²) in [6, 6.07) is 13.9. The first-order valence-electron chi connectivity index (χ1n) is 13.4. The molecule has 4 aromatic rings. The van der Waals surface area contributed by atoms with Gasteiger partial charge in [-0.1, -0.05) is 26.0 Å². The van der Waals surface area contributed by atoms with E-state index in [0.717, 1.165) is 59.8 Å². The molecular weight excluding hydrogens is 496 g/mol. The number of aromatic nitrogens is 4. The van der Waals surface area contributed by atoms with Crippen molar-refractivity contribution in [2.75, 3.05) is 62.4 Å². The highest BCUT2D eigenvalue weighted by Gasteiger charge is 2.24. The van der Waals surface area contributed by atoms with Crippen molar-refractivity contribution in [2.45, 2.75) is 19.8 Å². The van der Waals surface area contributed by atoms with Gasteiger partial charge in [-0.15, -0.1) is 0 Å². The third-order valence-corrected chi connectivity index (χ3v) is 7.31. The maximum Gasteiger partial charge on any atom is 0.354 e. The second-order valence-electron chi connectivity index (χ2n) is 10.1. The van der Waals surface area contributed by atoms with Crippen LogP contribution in [0, 0.1) is 0 Å². The SMILES string of the molecule is CC(C)c1nn(-c2cc(N3CCOCC3)ccn2)c2nc(C(=O)O)cc(-c3ccc(N4CCOCC4)cc3)c12. The number of hydrogen-bond acceptors (Lipinski definition) is 8. The van der Waals surface area contributed by atoms with Gasteiger partial charge in [0.15, 0.2) is 17.2 Å². The van der Waals surface area contributed by atoms with Crippen molar-refractivity contribution >= 4 is 28.4 Å². The number of ether oxygens (including phenoxy) is 2. The number of carboxylic acids is 1. The molecule has 2 saturated heterocycles. The van der Waals surface area contributed by atoms with Gasteiger partial charge in [0.2, 0.25) is 0 Å². The van der Waals surface area contributed by atoms with E-state index in [9.17, 15) is 9.90 Å². The predicted molar refractivity (Wildman–Crippen MR) is 149 cm³/mol. The fourth-order valence-electron chi connectivity index (χ4n) is 5.26. The van der Waals surface area contributed by atoms with E-state index in [1.165, 1.54) is 0 Å². The average Bonchev–Trinajstić information content (AvgIpc) is 3.38. The maximum absolute atomic E-state index is 12.2. The first-order chi connectivity index (χ1) is 19.0. The molecule has 0 unspecified atom stereocenters. The van der Waals surface area contributed by atoms with Crippen molar-refractivity contribution in [1.82, 2.24) is 19.7 Å². The molecule has 10 nitrogen and oxygen atoms in total. The van der Waals surface area contributed by atoms with Crippen LogP contribution in [0.25, 0.3) is 28.0 Å². The molecular formula is C29H32N6O4. The maximum atomic E-state index is 12.2. The molecule has 0 aliphatic carbocycles. The van der Waals surface area contributed by atoms with Crippen molar-refractivity contribution in [1.29, 1.82) is 0 Å². The van der Waals surface area contributed by atoms with Crippen molar-refractivity contribution in [3.63, 3.8) is 0 Å². The summed E-state index contributed by atoms with van der Waals surface area (Å²) in [6.07, 6.45) is 1.76. The Morgan fingerprint density at radius 3 is 2.15 bits per heavy atom. The summed E-state index contributed by atoms with van der Waals surface area (Å²) in [5.41, 5.74) is 5.15. The van der Waals surface area contributed by atoms with Gasteiger partial charge >= 0.3 is 5.97 Å². The van der Waals surface area contributed by atoms with Gasteiger partial charge < -0.3 is 24.4 Å². The van der Waals surface area contributed by atoms with E-state index in [0.29, 0.717) is 37.9 Å². The summed E-state index contributed by atoms with van der Waals surface area (Å²) in [5, 5.41) is 15.8. The molecule has 6 rings (SSSR count). The van der Waals surface area contributed by atoms with Gasteiger partial charge in [-0.25, -0.2) is 14.8 Å². The van der Waals surface area contributed by atoms with Gasteiger partial charge in [-0.2, -0.15) is 9.78 Å². The molecule has 39 heavy (non-hydrogen) atoms. The summed E-state index contributed by atoms with van der Waals surface area (Å²) >= 11 is 0. The van der Waals surface area contributed by atoms with Crippen LogP contribution in [0.4, 0.5) is 11.4 Å². The van der Waals surface area contributed by atoms with Crippen LogP contribution >= 0.6 is 0 Å². The van der Waals surface area contributed by atoms with Gasteiger partial charge in [0.25, 0.3) is 0 Å². The molecule has 10 heteroatoms. The van der Waals surface area contributed by atoms with Crippen molar-refractivity contribution in [3.8, 4) is 16.9 Å². The van der Waals surface area contributed by atoms with Crippen LogP contribution in [-0.4, -0.2) is 83.4 Å². The molecule has 202 valence electrons. The molecule has 3 aromatic heterocycles. The number of carbonyl (C=O) groups is 1. The molecule has 1 N–H and O–H groups in total. The number of rotatable bonds is 6. The van der Waals surface area contributed by atoms with E-state index in [1.54, 1.807) is 16.9 Å². The minimum Gasteiger partial charge on any atom is -0.477 e. The van der Waals surface area contributed by atoms with E-state index >= 15 is 0 Å². The van der Waals surface area contributed by atoms with E-state index in [-0.39, 0.29) is 11.6 Å². The molecule has 1 aromatic carbocycles. The molecule has 2 aliphatic rings. The van der Waals surface area contributed by atoms with Gasteiger partial charge in [0.1, 0.15) is 0 Å². The Bertz CT molecular complexity index is 1490. The Balaban J connectivity index is 1.49. The third kappa shape index (κ3) is 4.93. The van der Waals surface area contributed by atoms with Crippen LogP contribution in [0.2, 0.25) is 0 Å². The molecule has 5 heterocycles. The number of pyridine rings is 2. The monoisotopic (exact) mass is 528 g/mol. The minimum absolute atomic E-state index is 0.0319. The van der Waals surface area contributed by atoms with Crippen molar-refractivity contribution in [2.24, 2.45) is 0 Å². The van der Waals surface area contributed by atoms with E-state index in [2.05, 4.69) is 45.7 Å². The number of aromatic carboxylic acids is 1. The van der Waals surface area contributed by atoms with Gasteiger partial charge in [0, 0.05) is 49.8 Å². The van der Waals surface area contributed by atoms with Crippen LogP contribution < -0.4 is 9.80 Å². The van der Waals surface area contributed by atoms with Crippen LogP contribution in [-0.2, 0) is 9.47 Å². The van der Waals surface area contributed by atoms with Gasteiger partial charge in [0.05, 0.1) is 37.5 Å². The van der Waals surface area contributed by atoms with Crippen LogP contribution in [0.3, 0.4) is 0 Å². The normalized spacial score (nSPS) is 16.3. The molecule has 0 amide bonds. The summed E-state index contributed by atoms with van der Waals surface area (Å²) in [4.78, 5) is 25.9. The molecule has 2 fully saturated rings. The zero-order chi connectivity index (χ0) is 26.9. The lowest BCUT2D eigenvalue weighted by Gasteiger charge is -2.29. The van der Waals surface area contributed by atoms with Crippen LogP contribution in [0.15, 0.2) is 48.7 Å². The molecule has 0 saturated carbocycles. The number of hydrogen-bond donors (Lipinski definition) is 1. The summed E-state index contributed by atoms with van der Waals surface area (Å²) in [5.74, 6) is -0.406. The van der Waals surface area contributed by atoms with Gasteiger partial charge in [-0.05, 0) is 41.3 Å². The first kappa shape index (κ1) is 25.3. The van der Waals surface area contributed by atoms with Crippen LogP contribution in [0.1, 0.15) is 35.9 Å². The predicted octanol–water partition coefficient (Wildman–Crippen LogP) is 3.98. The number of fused-ring (bicyclic) bond motifs is 1. The Morgan fingerprint density at radius 1 is 0.897 bits per heavy atom. The lowest BCUT2D eigenvalue weighted by atomic mass is 9.97.